The highest BCUT2D eigenvalue weighted by molar-refractivity contribution is 7.17. The summed E-state index contributed by atoms with van der Waals surface area (Å²) in [6, 6.07) is 1.73. The Bertz CT molecular complexity index is 720. The lowest BCUT2D eigenvalue weighted by atomic mass is 9.85. The van der Waals surface area contributed by atoms with Gasteiger partial charge in [0.2, 0.25) is 11.8 Å². The van der Waals surface area contributed by atoms with Crippen LogP contribution in [0.5, 0.6) is 0 Å². The Morgan fingerprint density at radius 1 is 1.26 bits per heavy atom. The molecule has 0 aromatic carbocycles. The minimum atomic E-state index is -0.505. The van der Waals surface area contributed by atoms with E-state index in [0.717, 1.165) is 17.7 Å². The number of fused-ring (bicyclic) bond motifs is 5. The molecule has 0 N–H and O–H groups in total. The Kier molecular flexibility index (Phi) is 3.20. The van der Waals surface area contributed by atoms with Gasteiger partial charge < -0.3 is 4.74 Å². The van der Waals surface area contributed by atoms with E-state index in [1.54, 1.807) is 6.07 Å². The molecule has 23 heavy (non-hydrogen) atoms. The quantitative estimate of drug-likeness (QED) is 0.485. The van der Waals surface area contributed by atoms with Crippen LogP contribution in [0.1, 0.15) is 28.6 Å². The van der Waals surface area contributed by atoms with E-state index in [2.05, 4.69) is 12.2 Å². The van der Waals surface area contributed by atoms with E-state index in [1.165, 1.54) is 23.3 Å². The number of rotatable bonds is 3. The summed E-state index contributed by atoms with van der Waals surface area (Å²) in [5, 5.41) is 0.428. The van der Waals surface area contributed by atoms with Crippen molar-refractivity contribution in [1.82, 2.24) is 0 Å². The van der Waals surface area contributed by atoms with Crippen molar-refractivity contribution in [3.8, 4) is 0 Å². The van der Waals surface area contributed by atoms with Crippen LogP contribution in [0.15, 0.2) is 18.2 Å². The highest BCUT2D eigenvalue weighted by Crippen LogP contribution is 2.54. The third-order valence-electron chi connectivity index (χ3n) is 5.19. The van der Waals surface area contributed by atoms with E-state index in [0.29, 0.717) is 10.6 Å². The Balaban J connectivity index is 1.77. The Labute approximate surface area is 137 Å². The molecule has 4 rings (SSSR count). The van der Waals surface area contributed by atoms with Crippen molar-refractivity contribution in [3.63, 3.8) is 0 Å². The molecule has 1 aliphatic heterocycles. The second kappa shape index (κ2) is 5.03. The number of imide groups is 1. The molecule has 1 saturated heterocycles. The number of carbonyl (C=O) groups is 3. The molecule has 2 aliphatic carbocycles. The number of esters is 1. The number of thiophene rings is 1. The summed E-state index contributed by atoms with van der Waals surface area (Å²) >= 11 is 1.33. The first kappa shape index (κ1) is 14.6. The van der Waals surface area contributed by atoms with Crippen LogP contribution in [0, 0.1) is 23.7 Å². The second-order valence-corrected chi connectivity index (χ2v) is 7.40. The van der Waals surface area contributed by atoms with Gasteiger partial charge in [0.25, 0.3) is 0 Å². The van der Waals surface area contributed by atoms with Gasteiger partial charge in [-0.3, -0.25) is 9.59 Å². The Morgan fingerprint density at radius 2 is 1.87 bits per heavy atom. The van der Waals surface area contributed by atoms with Crippen molar-refractivity contribution in [3.05, 3.63) is 28.7 Å². The lowest BCUT2D eigenvalue weighted by Crippen LogP contribution is -2.33. The van der Waals surface area contributed by atoms with Crippen molar-refractivity contribution in [2.24, 2.45) is 23.7 Å². The van der Waals surface area contributed by atoms with E-state index in [4.69, 9.17) is 4.74 Å². The molecule has 2 heterocycles. The van der Waals surface area contributed by atoms with Gasteiger partial charge in [-0.05, 0) is 30.7 Å². The van der Waals surface area contributed by atoms with Crippen LogP contribution in [0.25, 0.3) is 0 Å². The third-order valence-corrected chi connectivity index (χ3v) is 6.46. The lowest BCUT2D eigenvalue weighted by molar-refractivity contribution is -0.123. The number of allylic oxidation sites excluding steroid dienone is 2. The van der Waals surface area contributed by atoms with Crippen LogP contribution in [-0.2, 0) is 20.7 Å². The number of amides is 2. The van der Waals surface area contributed by atoms with Gasteiger partial charge in [-0.15, -0.1) is 11.3 Å². The van der Waals surface area contributed by atoms with Gasteiger partial charge in [0, 0.05) is 4.88 Å². The fourth-order valence-electron chi connectivity index (χ4n) is 4.13. The summed E-state index contributed by atoms with van der Waals surface area (Å²) in [4.78, 5) is 40.0. The first-order valence-electron chi connectivity index (χ1n) is 7.84. The van der Waals surface area contributed by atoms with Gasteiger partial charge >= 0.3 is 5.97 Å². The minimum absolute atomic E-state index is 0.161. The highest BCUT2D eigenvalue weighted by atomic mass is 32.1. The number of aryl methyl sites for hydroxylation is 1. The number of methoxy groups -OCH3 is 1. The maximum Gasteiger partial charge on any atom is 0.340 e. The molecule has 4 atom stereocenters. The molecule has 0 unspecified atom stereocenters. The molecule has 5 nitrogen and oxygen atoms in total. The third kappa shape index (κ3) is 1.87. The molecule has 120 valence electrons. The maximum absolute atomic E-state index is 12.9. The summed E-state index contributed by atoms with van der Waals surface area (Å²) in [6.45, 7) is 1.98. The molecular weight excluding hydrogens is 314 g/mol. The molecular formula is C17H17NO4S. The van der Waals surface area contributed by atoms with Crippen molar-refractivity contribution in [2.75, 3.05) is 12.0 Å². The molecule has 1 aromatic heterocycles. The average molecular weight is 331 g/mol. The smallest absolute Gasteiger partial charge is 0.340 e. The summed E-state index contributed by atoms with van der Waals surface area (Å²) < 4.78 is 4.82. The monoisotopic (exact) mass is 331 g/mol. The van der Waals surface area contributed by atoms with Gasteiger partial charge in [-0.2, -0.15) is 0 Å². The minimum Gasteiger partial charge on any atom is -0.465 e. The Morgan fingerprint density at radius 3 is 2.39 bits per heavy atom. The predicted octanol–water partition coefficient (Wildman–Crippen LogP) is 2.41. The summed E-state index contributed by atoms with van der Waals surface area (Å²) in [5.74, 6) is -1.00. The number of hydrogen-bond donors (Lipinski definition) is 0. The first-order chi connectivity index (χ1) is 11.1. The summed E-state index contributed by atoms with van der Waals surface area (Å²) in [5.41, 5.74) is 0.316. The van der Waals surface area contributed by atoms with Crippen molar-refractivity contribution in [2.45, 2.75) is 19.8 Å². The maximum atomic E-state index is 12.9. The molecule has 1 aromatic rings. The number of hydrogen-bond acceptors (Lipinski definition) is 5. The van der Waals surface area contributed by atoms with Crippen molar-refractivity contribution in [1.29, 1.82) is 0 Å². The van der Waals surface area contributed by atoms with Crippen LogP contribution in [0.2, 0.25) is 0 Å². The molecule has 2 fully saturated rings. The van der Waals surface area contributed by atoms with E-state index in [-0.39, 0.29) is 35.5 Å². The molecule has 2 amide bonds. The van der Waals surface area contributed by atoms with Gasteiger partial charge in [0.1, 0.15) is 5.00 Å². The zero-order chi connectivity index (χ0) is 16.3. The van der Waals surface area contributed by atoms with Crippen molar-refractivity contribution < 1.29 is 19.1 Å². The topological polar surface area (TPSA) is 63.7 Å². The lowest BCUT2D eigenvalue weighted by Gasteiger charge is -2.16. The van der Waals surface area contributed by atoms with E-state index in [1.807, 2.05) is 6.92 Å². The predicted molar refractivity (Wildman–Crippen MR) is 85.2 cm³/mol. The van der Waals surface area contributed by atoms with Gasteiger partial charge in [-0.1, -0.05) is 19.1 Å². The van der Waals surface area contributed by atoms with E-state index in [9.17, 15) is 14.4 Å². The highest BCUT2D eigenvalue weighted by Gasteiger charge is 2.60. The average Bonchev–Trinajstić information content (AvgIpc) is 3.29. The SMILES string of the molecule is CCc1cc(C(=O)OC)c(N2C(=O)[C@@H]3[C@@H](C2=O)[C@H]2C=C[C@@H]3C2)s1. The molecule has 6 heteroatoms. The number of anilines is 1. The van der Waals surface area contributed by atoms with Gasteiger partial charge in [0.05, 0.1) is 24.5 Å². The van der Waals surface area contributed by atoms with Crippen LogP contribution < -0.4 is 4.90 Å². The largest absolute Gasteiger partial charge is 0.465 e. The summed E-state index contributed by atoms with van der Waals surface area (Å²) in [6.07, 6.45) is 5.76. The van der Waals surface area contributed by atoms with E-state index < -0.39 is 5.97 Å². The number of ether oxygens (including phenoxy) is 1. The summed E-state index contributed by atoms with van der Waals surface area (Å²) in [7, 11) is 1.31. The van der Waals surface area contributed by atoms with Gasteiger partial charge in [0.15, 0.2) is 0 Å². The van der Waals surface area contributed by atoms with Crippen LogP contribution in [-0.4, -0.2) is 24.9 Å². The van der Waals surface area contributed by atoms with Gasteiger partial charge in [-0.25, -0.2) is 9.69 Å². The number of nitrogens with zero attached hydrogens (tertiary/aromatic N) is 1. The zero-order valence-electron chi connectivity index (χ0n) is 12.9. The number of carbonyl (C=O) groups excluding carboxylic acids is 3. The zero-order valence-corrected chi connectivity index (χ0v) is 13.8. The molecule has 0 spiro atoms. The van der Waals surface area contributed by atoms with E-state index >= 15 is 0 Å². The fourth-order valence-corrected chi connectivity index (χ4v) is 5.22. The molecule has 1 saturated carbocycles. The fraction of sp³-hybridized carbons (Fsp3) is 0.471. The van der Waals surface area contributed by atoms with Crippen LogP contribution in [0.3, 0.4) is 0 Å². The molecule has 3 aliphatic rings. The Hall–Kier alpha value is -1.95. The van der Waals surface area contributed by atoms with Crippen LogP contribution in [0.4, 0.5) is 5.00 Å². The van der Waals surface area contributed by atoms with Crippen LogP contribution >= 0.6 is 11.3 Å². The second-order valence-electron chi connectivity index (χ2n) is 6.29. The molecule has 2 bridgehead atoms. The molecule has 0 radical (unpaired) electrons. The first-order valence-corrected chi connectivity index (χ1v) is 8.65. The standard InChI is InChI=1S/C17H17NO4S/c1-3-10-7-11(17(21)22-2)16(23-10)18-14(19)12-8-4-5-9(6-8)13(12)15(18)20/h4-5,7-9,12-13H,3,6H2,1-2H3/t8-,9+,12-,13-/m0/s1. The normalized spacial score (nSPS) is 31.1. The van der Waals surface area contributed by atoms with Crippen molar-refractivity contribution >= 4 is 34.1 Å².